The van der Waals surface area contributed by atoms with Crippen LogP contribution in [0.5, 0.6) is 0 Å². The SMILES string of the molecule is FC(F)(F)c1ccc(/C=C/C2CCNC2)cc1. The largest absolute Gasteiger partial charge is 0.416 e. The minimum absolute atomic E-state index is 0.497. The Morgan fingerprint density at radius 3 is 2.41 bits per heavy atom. The van der Waals surface area contributed by atoms with Gasteiger partial charge in [-0.2, -0.15) is 13.2 Å². The van der Waals surface area contributed by atoms with Gasteiger partial charge in [0.1, 0.15) is 0 Å². The van der Waals surface area contributed by atoms with Crippen LogP contribution in [0.1, 0.15) is 17.5 Å². The molecule has 1 fully saturated rings. The van der Waals surface area contributed by atoms with E-state index in [1.54, 1.807) is 0 Å². The Labute approximate surface area is 98.3 Å². The Bertz CT molecular complexity index is 386. The zero-order chi connectivity index (χ0) is 12.3. The van der Waals surface area contributed by atoms with E-state index in [1.807, 2.05) is 6.08 Å². The molecule has 0 saturated carbocycles. The summed E-state index contributed by atoms with van der Waals surface area (Å²) in [4.78, 5) is 0. The fourth-order valence-corrected chi connectivity index (χ4v) is 1.87. The van der Waals surface area contributed by atoms with Gasteiger partial charge in [0.25, 0.3) is 0 Å². The van der Waals surface area contributed by atoms with Crippen LogP contribution in [0.25, 0.3) is 6.08 Å². The monoisotopic (exact) mass is 241 g/mol. The number of hydrogen-bond acceptors (Lipinski definition) is 1. The van der Waals surface area contributed by atoms with Crippen LogP contribution in [0.15, 0.2) is 30.3 Å². The molecule has 1 aromatic rings. The molecular formula is C13H14F3N. The van der Waals surface area contributed by atoms with E-state index in [0.29, 0.717) is 5.92 Å². The molecule has 0 aromatic heterocycles. The fraction of sp³-hybridized carbons (Fsp3) is 0.385. The quantitative estimate of drug-likeness (QED) is 0.837. The van der Waals surface area contributed by atoms with Crippen molar-refractivity contribution in [1.82, 2.24) is 5.32 Å². The van der Waals surface area contributed by atoms with Crippen molar-refractivity contribution in [3.63, 3.8) is 0 Å². The molecule has 2 rings (SSSR count). The highest BCUT2D eigenvalue weighted by molar-refractivity contribution is 5.50. The van der Waals surface area contributed by atoms with E-state index in [9.17, 15) is 13.2 Å². The Hall–Kier alpha value is -1.29. The number of benzene rings is 1. The second-order valence-corrected chi connectivity index (χ2v) is 4.23. The molecule has 1 saturated heterocycles. The molecule has 1 atom stereocenters. The molecule has 1 nitrogen and oxygen atoms in total. The fourth-order valence-electron chi connectivity index (χ4n) is 1.87. The van der Waals surface area contributed by atoms with Crippen LogP contribution in [0.2, 0.25) is 0 Å². The molecule has 0 radical (unpaired) electrons. The molecule has 1 aliphatic rings. The Morgan fingerprint density at radius 2 is 1.88 bits per heavy atom. The van der Waals surface area contributed by atoms with Crippen LogP contribution < -0.4 is 5.32 Å². The molecule has 4 heteroatoms. The smallest absolute Gasteiger partial charge is 0.316 e. The number of nitrogens with one attached hydrogen (secondary N) is 1. The van der Waals surface area contributed by atoms with E-state index < -0.39 is 11.7 Å². The standard InChI is InChI=1S/C13H14F3N/c14-13(15,16)12-5-3-10(4-6-12)1-2-11-7-8-17-9-11/h1-6,11,17H,7-9H2/b2-1+. The average Bonchev–Trinajstić information content (AvgIpc) is 2.78. The van der Waals surface area contributed by atoms with Crippen molar-refractivity contribution in [2.75, 3.05) is 13.1 Å². The van der Waals surface area contributed by atoms with Gasteiger partial charge < -0.3 is 5.32 Å². The Kier molecular flexibility index (Phi) is 3.52. The van der Waals surface area contributed by atoms with Crippen molar-refractivity contribution in [2.24, 2.45) is 5.92 Å². The predicted octanol–water partition coefficient (Wildman–Crippen LogP) is 3.33. The molecule has 0 amide bonds. The first-order chi connectivity index (χ1) is 8.05. The van der Waals surface area contributed by atoms with Crippen molar-refractivity contribution >= 4 is 6.08 Å². The summed E-state index contributed by atoms with van der Waals surface area (Å²) in [5.41, 5.74) is 0.210. The molecule has 0 spiro atoms. The van der Waals surface area contributed by atoms with Crippen LogP contribution in [-0.2, 0) is 6.18 Å². The topological polar surface area (TPSA) is 12.0 Å². The molecule has 1 aliphatic heterocycles. The first-order valence-corrected chi connectivity index (χ1v) is 5.62. The first kappa shape index (κ1) is 12.2. The predicted molar refractivity (Wildman–Crippen MR) is 61.5 cm³/mol. The molecule has 17 heavy (non-hydrogen) atoms. The van der Waals surface area contributed by atoms with Crippen LogP contribution in [0.3, 0.4) is 0 Å². The zero-order valence-electron chi connectivity index (χ0n) is 9.30. The summed E-state index contributed by atoms with van der Waals surface area (Å²) in [5.74, 6) is 0.497. The van der Waals surface area contributed by atoms with Gasteiger partial charge in [0, 0.05) is 6.54 Å². The summed E-state index contributed by atoms with van der Waals surface area (Å²) in [6, 6.07) is 5.24. The lowest BCUT2D eigenvalue weighted by Gasteiger charge is -2.06. The van der Waals surface area contributed by atoms with Crippen molar-refractivity contribution < 1.29 is 13.2 Å². The molecule has 1 unspecified atom stereocenters. The second-order valence-electron chi connectivity index (χ2n) is 4.23. The minimum atomic E-state index is -4.25. The maximum atomic E-state index is 12.3. The third kappa shape index (κ3) is 3.33. The third-order valence-corrected chi connectivity index (χ3v) is 2.90. The number of rotatable bonds is 2. The molecule has 92 valence electrons. The van der Waals surface area contributed by atoms with Gasteiger partial charge in [-0.25, -0.2) is 0 Å². The van der Waals surface area contributed by atoms with Gasteiger partial charge in [-0.1, -0.05) is 24.3 Å². The molecular weight excluding hydrogens is 227 g/mol. The second kappa shape index (κ2) is 4.92. The summed E-state index contributed by atoms with van der Waals surface area (Å²) >= 11 is 0. The van der Waals surface area contributed by atoms with E-state index in [2.05, 4.69) is 11.4 Å². The van der Waals surface area contributed by atoms with Crippen molar-refractivity contribution in [1.29, 1.82) is 0 Å². The summed E-state index contributed by atoms with van der Waals surface area (Å²) in [5, 5.41) is 3.24. The summed E-state index contributed by atoms with van der Waals surface area (Å²) in [6.45, 7) is 1.97. The van der Waals surface area contributed by atoms with E-state index in [4.69, 9.17) is 0 Å². The number of halogens is 3. The maximum absolute atomic E-state index is 12.3. The van der Waals surface area contributed by atoms with Crippen LogP contribution in [0.4, 0.5) is 13.2 Å². The highest BCUT2D eigenvalue weighted by Gasteiger charge is 2.29. The third-order valence-electron chi connectivity index (χ3n) is 2.90. The summed E-state index contributed by atoms with van der Waals surface area (Å²) in [7, 11) is 0. The van der Waals surface area contributed by atoms with E-state index >= 15 is 0 Å². The lowest BCUT2D eigenvalue weighted by molar-refractivity contribution is -0.137. The average molecular weight is 241 g/mol. The lowest BCUT2D eigenvalue weighted by atomic mass is 10.1. The first-order valence-electron chi connectivity index (χ1n) is 5.62. The molecule has 1 N–H and O–H groups in total. The van der Waals surface area contributed by atoms with E-state index in [1.165, 1.54) is 12.1 Å². The number of alkyl halides is 3. The van der Waals surface area contributed by atoms with Gasteiger partial charge in [-0.05, 0) is 36.6 Å². The van der Waals surface area contributed by atoms with E-state index in [-0.39, 0.29) is 0 Å². The van der Waals surface area contributed by atoms with Gasteiger partial charge >= 0.3 is 6.18 Å². The van der Waals surface area contributed by atoms with Gasteiger partial charge in [0.15, 0.2) is 0 Å². The van der Waals surface area contributed by atoms with E-state index in [0.717, 1.165) is 37.2 Å². The highest BCUT2D eigenvalue weighted by atomic mass is 19.4. The minimum Gasteiger partial charge on any atom is -0.316 e. The van der Waals surface area contributed by atoms with Crippen molar-refractivity contribution in [3.05, 3.63) is 41.5 Å². The van der Waals surface area contributed by atoms with Gasteiger partial charge in [-0.3, -0.25) is 0 Å². The van der Waals surface area contributed by atoms with Crippen LogP contribution in [0, 0.1) is 5.92 Å². The highest BCUT2D eigenvalue weighted by Crippen LogP contribution is 2.29. The molecule has 0 aliphatic carbocycles. The normalized spacial score (nSPS) is 21.2. The Morgan fingerprint density at radius 1 is 1.18 bits per heavy atom. The zero-order valence-corrected chi connectivity index (χ0v) is 9.30. The van der Waals surface area contributed by atoms with Crippen LogP contribution >= 0.6 is 0 Å². The summed E-state index contributed by atoms with van der Waals surface area (Å²) in [6.07, 6.45) is 0.787. The lowest BCUT2D eigenvalue weighted by Crippen LogP contribution is -2.07. The van der Waals surface area contributed by atoms with Crippen molar-refractivity contribution in [3.8, 4) is 0 Å². The molecule has 1 aromatic carbocycles. The number of hydrogen-bond donors (Lipinski definition) is 1. The van der Waals surface area contributed by atoms with Gasteiger partial charge in [0.2, 0.25) is 0 Å². The van der Waals surface area contributed by atoms with Crippen molar-refractivity contribution in [2.45, 2.75) is 12.6 Å². The van der Waals surface area contributed by atoms with Crippen LogP contribution in [-0.4, -0.2) is 13.1 Å². The Balaban J connectivity index is 2.02. The van der Waals surface area contributed by atoms with Gasteiger partial charge in [-0.15, -0.1) is 0 Å². The molecule has 0 bridgehead atoms. The summed E-state index contributed by atoms with van der Waals surface area (Å²) < 4.78 is 37.0. The maximum Gasteiger partial charge on any atom is 0.416 e. The van der Waals surface area contributed by atoms with Gasteiger partial charge in [0.05, 0.1) is 5.56 Å². The molecule has 1 heterocycles.